The monoisotopic (exact) mass is 379 g/mol. The van der Waals surface area contributed by atoms with E-state index in [2.05, 4.69) is 4.90 Å². The lowest BCUT2D eigenvalue weighted by atomic mass is 10.3. The SMILES string of the molecule is O=P(O)(O)CS(=O)(=O)c1ccc(OCCCN2CCOCC2)cc1. The zero-order chi connectivity index (χ0) is 17.6. The lowest BCUT2D eigenvalue weighted by molar-refractivity contribution is 0.0358. The molecule has 2 rings (SSSR count). The molecule has 1 aliphatic heterocycles. The second kappa shape index (κ2) is 8.42. The molecule has 1 fully saturated rings. The van der Waals surface area contributed by atoms with Crippen LogP contribution in [0.1, 0.15) is 6.42 Å². The Morgan fingerprint density at radius 1 is 1.17 bits per heavy atom. The molecule has 136 valence electrons. The Bertz CT molecular complexity index is 665. The number of benzene rings is 1. The highest BCUT2D eigenvalue weighted by atomic mass is 32.2. The van der Waals surface area contributed by atoms with Crippen LogP contribution in [-0.2, 0) is 19.1 Å². The number of morpholine rings is 1. The normalized spacial score (nSPS) is 16.9. The topological polar surface area (TPSA) is 113 Å². The fraction of sp³-hybridized carbons (Fsp3) is 0.571. The highest BCUT2D eigenvalue weighted by molar-refractivity contribution is 7.97. The van der Waals surface area contributed by atoms with Crippen molar-refractivity contribution < 1.29 is 32.2 Å². The van der Waals surface area contributed by atoms with E-state index in [-0.39, 0.29) is 4.90 Å². The lowest BCUT2D eigenvalue weighted by Gasteiger charge is -2.26. The van der Waals surface area contributed by atoms with E-state index in [0.717, 1.165) is 39.3 Å². The first-order valence-corrected chi connectivity index (χ1v) is 11.0. The molecule has 2 N–H and O–H groups in total. The van der Waals surface area contributed by atoms with Crippen LogP contribution < -0.4 is 4.74 Å². The molecule has 1 saturated heterocycles. The summed E-state index contributed by atoms with van der Waals surface area (Å²) in [5, 5.41) is 0. The number of ether oxygens (including phenoxy) is 2. The third-order valence-electron chi connectivity index (χ3n) is 3.51. The van der Waals surface area contributed by atoms with Gasteiger partial charge in [-0.3, -0.25) is 9.46 Å². The Morgan fingerprint density at radius 3 is 2.38 bits per heavy atom. The quantitative estimate of drug-likeness (QED) is 0.501. The highest BCUT2D eigenvalue weighted by Crippen LogP contribution is 2.38. The van der Waals surface area contributed by atoms with E-state index >= 15 is 0 Å². The van der Waals surface area contributed by atoms with Crippen molar-refractivity contribution in [2.45, 2.75) is 11.3 Å². The van der Waals surface area contributed by atoms with Gasteiger partial charge < -0.3 is 19.3 Å². The summed E-state index contributed by atoms with van der Waals surface area (Å²) in [4.78, 5) is 19.8. The van der Waals surface area contributed by atoms with E-state index in [1.54, 1.807) is 0 Å². The molecule has 1 aromatic carbocycles. The molecule has 0 aliphatic carbocycles. The van der Waals surface area contributed by atoms with Gasteiger partial charge in [0.05, 0.1) is 24.7 Å². The first-order chi connectivity index (χ1) is 11.3. The van der Waals surface area contributed by atoms with E-state index in [4.69, 9.17) is 19.3 Å². The second-order valence-corrected chi connectivity index (χ2v) is 9.60. The van der Waals surface area contributed by atoms with Crippen molar-refractivity contribution in [3.8, 4) is 5.75 Å². The molecule has 0 saturated carbocycles. The molecule has 0 aromatic heterocycles. The van der Waals surface area contributed by atoms with Gasteiger partial charge >= 0.3 is 7.60 Å². The van der Waals surface area contributed by atoms with Crippen molar-refractivity contribution >= 4 is 17.4 Å². The molecule has 10 heteroatoms. The minimum atomic E-state index is -4.63. The van der Waals surface area contributed by atoms with Gasteiger partial charge in [0.2, 0.25) is 0 Å². The predicted molar refractivity (Wildman–Crippen MR) is 87.9 cm³/mol. The van der Waals surface area contributed by atoms with Gasteiger partial charge in [0.15, 0.2) is 15.3 Å². The van der Waals surface area contributed by atoms with E-state index in [1.165, 1.54) is 24.3 Å². The number of hydrogen-bond acceptors (Lipinski definition) is 6. The van der Waals surface area contributed by atoms with Gasteiger partial charge in [-0.05, 0) is 30.7 Å². The van der Waals surface area contributed by atoms with E-state index in [0.29, 0.717) is 12.4 Å². The summed E-state index contributed by atoms with van der Waals surface area (Å²) in [6, 6.07) is 5.56. The Balaban J connectivity index is 1.80. The van der Waals surface area contributed by atoms with Crippen LogP contribution >= 0.6 is 7.60 Å². The fourth-order valence-corrected chi connectivity index (χ4v) is 5.26. The summed E-state index contributed by atoms with van der Waals surface area (Å²) >= 11 is 0. The van der Waals surface area contributed by atoms with Crippen LogP contribution in [0.4, 0.5) is 0 Å². The zero-order valence-corrected chi connectivity index (χ0v) is 14.9. The van der Waals surface area contributed by atoms with Gasteiger partial charge in [-0.2, -0.15) is 0 Å². The molecular formula is C14H22NO7PS. The maximum absolute atomic E-state index is 11.8. The summed E-state index contributed by atoms with van der Waals surface area (Å²) < 4.78 is 45.4. The van der Waals surface area contributed by atoms with Crippen molar-refractivity contribution in [2.24, 2.45) is 0 Å². The number of sulfone groups is 1. The summed E-state index contributed by atoms with van der Waals surface area (Å²) in [6.45, 7) is 4.78. The molecule has 1 heterocycles. The maximum Gasteiger partial charge on any atom is 0.340 e. The van der Waals surface area contributed by atoms with Crippen molar-refractivity contribution in [1.82, 2.24) is 4.90 Å². The third kappa shape index (κ3) is 6.51. The fourth-order valence-electron chi connectivity index (χ4n) is 2.34. The van der Waals surface area contributed by atoms with Gasteiger partial charge in [0.1, 0.15) is 5.75 Å². The van der Waals surface area contributed by atoms with Crippen molar-refractivity contribution in [3.05, 3.63) is 24.3 Å². The van der Waals surface area contributed by atoms with Crippen LogP contribution in [0.3, 0.4) is 0 Å². The molecule has 0 atom stereocenters. The molecular weight excluding hydrogens is 357 g/mol. The highest BCUT2D eigenvalue weighted by Gasteiger charge is 2.26. The van der Waals surface area contributed by atoms with E-state index in [1.807, 2.05) is 0 Å². The Labute approximate surface area is 141 Å². The van der Waals surface area contributed by atoms with Crippen molar-refractivity contribution in [1.29, 1.82) is 0 Å². The third-order valence-corrected chi connectivity index (χ3v) is 7.21. The van der Waals surface area contributed by atoms with Crippen LogP contribution in [0.15, 0.2) is 29.2 Å². The summed E-state index contributed by atoms with van der Waals surface area (Å²) in [7, 11) is -8.64. The van der Waals surface area contributed by atoms with Gasteiger partial charge in [0.25, 0.3) is 0 Å². The molecule has 24 heavy (non-hydrogen) atoms. The minimum Gasteiger partial charge on any atom is -0.494 e. The number of nitrogens with zero attached hydrogens (tertiary/aromatic N) is 1. The molecule has 8 nitrogen and oxygen atoms in total. The smallest absolute Gasteiger partial charge is 0.340 e. The first-order valence-electron chi connectivity index (χ1n) is 7.57. The number of rotatable bonds is 8. The summed E-state index contributed by atoms with van der Waals surface area (Å²) in [5.74, 6) is 0.520. The molecule has 0 bridgehead atoms. The maximum atomic E-state index is 11.8. The predicted octanol–water partition coefficient (Wildman–Crippen LogP) is 0.697. The van der Waals surface area contributed by atoms with E-state index in [9.17, 15) is 13.0 Å². The van der Waals surface area contributed by atoms with Gasteiger partial charge in [0, 0.05) is 19.6 Å². The van der Waals surface area contributed by atoms with Crippen LogP contribution in [0.5, 0.6) is 5.75 Å². The second-order valence-electron chi connectivity index (χ2n) is 5.54. The van der Waals surface area contributed by atoms with Crippen LogP contribution in [0, 0.1) is 0 Å². The van der Waals surface area contributed by atoms with Gasteiger partial charge in [-0.25, -0.2) is 8.42 Å². The Hall–Kier alpha value is -0.960. The average Bonchev–Trinajstić information content (AvgIpc) is 2.51. The standard InChI is InChI=1S/C14H22NO7PS/c16-23(17,18)12-24(19,20)14-4-2-13(3-5-14)22-9-1-6-15-7-10-21-11-8-15/h2-5H,1,6-12H2,(H2,16,17,18). The average molecular weight is 379 g/mol. The zero-order valence-electron chi connectivity index (χ0n) is 13.2. The Kier molecular flexibility index (Phi) is 6.79. The molecule has 1 aliphatic rings. The van der Waals surface area contributed by atoms with Crippen molar-refractivity contribution in [2.75, 3.05) is 44.9 Å². The molecule has 0 amide bonds. The first kappa shape index (κ1) is 19.4. The largest absolute Gasteiger partial charge is 0.494 e. The molecule has 1 aromatic rings. The van der Waals surface area contributed by atoms with Crippen LogP contribution in [0.2, 0.25) is 0 Å². The van der Waals surface area contributed by atoms with Crippen LogP contribution in [0.25, 0.3) is 0 Å². The van der Waals surface area contributed by atoms with Crippen LogP contribution in [-0.4, -0.2) is 68.1 Å². The molecule has 0 radical (unpaired) electrons. The lowest BCUT2D eigenvalue weighted by Crippen LogP contribution is -2.37. The van der Waals surface area contributed by atoms with Gasteiger partial charge in [-0.15, -0.1) is 0 Å². The molecule has 0 unspecified atom stereocenters. The Morgan fingerprint density at radius 2 is 1.79 bits per heavy atom. The molecule has 0 spiro atoms. The summed E-state index contributed by atoms with van der Waals surface area (Å²) in [6.07, 6.45) is 0.845. The minimum absolute atomic E-state index is 0.133. The summed E-state index contributed by atoms with van der Waals surface area (Å²) in [5.41, 5.74) is -1.19. The van der Waals surface area contributed by atoms with E-state index < -0.39 is 22.9 Å². The van der Waals surface area contributed by atoms with Gasteiger partial charge in [-0.1, -0.05) is 0 Å². The van der Waals surface area contributed by atoms with Crippen molar-refractivity contribution in [3.63, 3.8) is 0 Å². The number of hydrogen-bond donors (Lipinski definition) is 2.